The minimum Gasteiger partial charge on any atom is -0.327 e. The van der Waals surface area contributed by atoms with Crippen molar-refractivity contribution < 1.29 is 0 Å². The van der Waals surface area contributed by atoms with Gasteiger partial charge in [-0.05, 0) is 44.6 Å². The predicted molar refractivity (Wildman–Crippen MR) is 64.8 cm³/mol. The first-order chi connectivity index (χ1) is 7.25. The van der Waals surface area contributed by atoms with Crippen LogP contribution in [0, 0.1) is 11.8 Å². The van der Waals surface area contributed by atoms with Crippen molar-refractivity contribution in [2.45, 2.75) is 51.0 Å². The molecular weight excluding hydrogens is 184 g/mol. The van der Waals surface area contributed by atoms with E-state index in [1.807, 2.05) is 0 Å². The molecule has 2 unspecified atom stereocenters. The molecule has 0 heterocycles. The molecule has 2 nitrogen and oxygen atoms in total. The van der Waals surface area contributed by atoms with E-state index in [2.05, 4.69) is 11.9 Å². The van der Waals surface area contributed by atoms with Crippen LogP contribution in [0.25, 0.3) is 0 Å². The maximum absolute atomic E-state index is 6.25. The van der Waals surface area contributed by atoms with Gasteiger partial charge in [0.1, 0.15) is 0 Å². The summed E-state index contributed by atoms with van der Waals surface area (Å²) in [6, 6.07) is 0.467. The van der Waals surface area contributed by atoms with Crippen LogP contribution in [0.3, 0.4) is 0 Å². The lowest BCUT2D eigenvalue weighted by molar-refractivity contribution is 0.236. The topological polar surface area (TPSA) is 29.3 Å². The molecule has 0 radical (unpaired) electrons. The second-order valence-electron chi connectivity index (χ2n) is 5.73. The third-order valence-electron chi connectivity index (χ3n) is 4.03. The van der Waals surface area contributed by atoms with Crippen LogP contribution in [0.2, 0.25) is 0 Å². The van der Waals surface area contributed by atoms with Gasteiger partial charge in [0.2, 0.25) is 0 Å². The number of hydrogen-bond acceptors (Lipinski definition) is 2. The first-order valence-corrected chi connectivity index (χ1v) is 6.70. The van der Waals surface area contributed by atoms with Crippen LogP contribution in [0.5, 0.6) is 0 Å². The zero-order chi connectivity index (χ0) is 10.7. The van der Waals surface area contributed by atoms with E-state index in [9.17, 15) is 0 Å². The Morgan fingerprint density at radius 3 is 2.47 bits per heavy atom. The van der Waals surface area contributed by atoms with Gasteiger partial charge in [-0.25, -0.2) is 0 Å². The van der Waals surface area contributed by atoms with E-state index in [0.717, 1.165) is 11.8 Å². The monoisotopic (exact) mass is 210 g/mol. The molecule has 2 atom stereocenters. The predicted octanol–water partition coefficient (Wildman–Crippen LogP) is 2.24. The highest BCUT2D eigenvalue weighted by molar-refractivity contribution is 4.81. The van der Waals surface area contributed by atoms with Crippen molar-refractivity contribution in [2.24, 2.45) is 17.6 Å². The van der Waals surface area contributed by atoms with Gasteiger partial charge >= 0.3 is 0 Å². The largest absolute Gasteiger partial charge is 0.327 e. The highest BCUT2D eigenvalue weighted by Gasteiger charge is 2.26. The molecule has 2 aliphatic rings. The molecule has 0 amide bonds. The lowest BCUT2D eigenvalue weighted by Crippen LogP contribution is -2.38. The van der Waals surface area contributed by atoms with Gasteiger partial charge in [-0.1, -0.05) is 19.3 Å². The van der Waals surface area contributed by atoms with Gasteiger partial charge in [0.25, 0.3) is 0 Å². The van der Waals surface area contributed by atoms with E-state index in [-0.39, 0.29) is 0 Å². The Balaban J connectivity index is 1.74. The van der Waals surface area contributed by atoms with Crippen molar-refractivity contribution in [1.29, 1.82) is 0 Å². The molecule has 0 aromatic heterocycles. The molecule has 0 bridgehead atoms. The molecule has 15 heavy (non-hydrogen) atoms. The highest BCUT2D eigenvalue weighted by Crippen LogP contribution is 2.30. The maximum Gasteiger partial charge on any atom is 0.00793 e. The molecule has 0 spiro atoms. The van der Waals surface area contributed by atoms with Crippen LogP contribution in [-0.4, -0.2) is 31.1 Å². The summed E-state index contributed by atoms with van der Waals surface area (Å²) in [5, 5.41) is 0. The van der Waals surface area contributed by atoms with Gasteiger partial charge in [-0.2, -0.15) is 0 Å². The molecule has 2 rings (SSSR count). The minimum absolute atomic E-state index is 0.467. The lowest BCUT2D eigenvalue weighted by atomic mass is 9.95. The molecule has 2 heteroatoms. The Hall–Kier alpha value is -0.0800. The smallest absolute Gasteiger partial charge is 0.00793 e. The summed E-state index contributed by atoms with van der Waals surface area (Å²) < 4.78 is 0. The minimum atomic E-state index is 0.467. The molecule has 0 saturated heterocycles. The molecule has 2 saturated carbocycles. The Morgan fingerprint density at radius 2 is 1.73 bits per heavy atom. The van der Waals surface area contributed by atoms with Gasteiger partial charge in [0.05, 0.1) is 0 Å². The number of hydrogen-bond donors (Lipinski definition) is 1. The summed E-state index contributed by atoms with van der Waals surface area (Å²) in [5.41, 5.74) is 6.25. The van der Waals surface area contributed by atoms with Gasteiger partial charge in [0.15, 0.2) is 0 Å². The summed E-state index contributed by atoms with van der Waals surface area (Å²) in [6.07, 6.45) is 9.68. The zero-order valence-corrected chi connectivity index (χ0v) is 10.1. The van der Waals surface area contributed by atoms with Crippen LogP contribution < -0.4 is 5.73 Å². The fourth-order valence-electron chi connectivity index (χ4n) is 2.86. The summed E-state index contributed by atoms with van der Waals surface area (Å²) in [5.74, 6) is 1.77. The second kappa shape index (κ2) is 5.31. The van der Waals surface area contributed by atoms with Crippen molar-refractivity contribution in [3.05, 3.63) is 0 Å². The van der Waals surface area contributed by atoms with Crippen molar-refractivity contribution >= 4 is 0 Å². The molecule has 2 aliphatic carbocycles. The van der Waals surface area contributed by atoms with Gasteiger partial charge < -0.3 is 10.6 Å². The van der Waals surface area contributed by atoms with E-state index in [0.29, 0.717) is 6.04 Å². The van der Waals surface area contributed by atoms with Crippen LogP contribution in [-0.2, 0) is 0 Å². The van der Waals surface area contributed by atoms with Crippen LogP contribution in [0.4, 0.5) is 0 Å². The molecule has 2 N–H and O–H groups in total. The average molecular weight is 210 g/mol. The fourth-order valence-corrected chi connectivity index (χ4v) is 2.86. The van der Waals surface area contributed by atoms with E-state index in [1.165, 1.54) is 58.0 Å². The van der Waals surface area contributed by atoms with E-state index in [4.69, 9.17) is 5.73 Å². The summed E-state index contributed by atoms with van der Waals surface area (Å²) in [6.45, 7) is 2.54. The Kier molecular flexibility index (Phi) is 4.04. The van der Waals surface area contributed by atoms with Crippen molar-refractivity contribution in [2.75, 3.05) is 20.1 Å². The maximum atomic E-state index is 6.25. The highest BCUT2D eigenvalue weighted by atomic mass is 15.1. The quantitative estimate of drug-likeness (QED) is 0.721. The van der Waals surface area contributed by atoms with E-state index >= 15 is 0 Å². The summed E-state index contributed by atoms with van der Waals surface area (Å²) in [4.78, 5) is 2.52. The van der Waals surface area contributed by atoms with Crippen molar-refractivity contribution in [1.82, 2.24) is 4.90 Å². The Morgan fingerprint density at radius 1 is 1.00 bits per heavy atom. The van der Waals surface area contributed by atoms with Crippen LogP contribution in [0.1, 0.15) is 44.9 Å². The molecule has 0 aromatic rings. The second-order valence-corrected chi connectivity index (χ2v) is 5.73. The zero-order valence-electron chi connectivity index (χ0n) is 10.1. The number of nitrogens with two attached hydrogens (primary N) is 1. The molecule has 2 fully saturated rings. The first kappa shape index (κ1) is 11.4. The molecular formula is C13H26N2. The third-order valence-corrected chi connectivity index (χ3v) is 4.03. The fraction of sp³-hybridized carbons (Fsp3) is 1.00. The van der Waals surface area contributed by atoms with Crippen LogP contribution in [0.15, 0.2) is 0 Å². The summed E-state index contributed by atoms with van der Waals surface area (Å²) in [7, 11) is 2.27. The van der Waals surface area contributed by atoms with E-state index < -0.39 is 0 Å². The molecule has 88 valence electrons. The number of nitrogens with zero attached hydrogens (tertiary/aromatic N) is 1. The normalized spacial score (nSPS) is 33.0. The lowest BCUT2D eigenvalue weighted by Gasteiger charge is -2.27. The third kappa shape index (κ3) is 3.76. The standard InChI is InChI=1S/C13H26N2/c1-15(9-11-7-8-11)10-12-5-3-2-4-6-13(12)14/h11-13H,2-10,14H2,1H3. The average Bonchev–Trinajstić information content (AvgIpc) is 2.98. The first-order valence-electron chi connectivity index (χ1n) is 6.70. The Bertz CT molecular complexity index is 189. The molecule has 0 aromatic carbocycles. The summed E-state index contributed by atoms with van der Waals surface area (Å²) >= 11 is 0. The van der Waals surface area contributed by atoms with Gasteiger partial charge in [-0.15, -0.1) is 0 Å². The SMILES string of the molecule is CN(CC1CC1)CC1CCCCCC1N. The van der Waals surface area contributed by atoms with Crippen LogP contribution >= 0.6 is 0 Å². The molecule has 0 aliphatic heterocycles. The van der Waals surface area contributed by atoms with Crippen molar-refractivity contribution in [3.63, 3.8) is 0 Å². The van der Waals surface area contributed by atoms with E-state index in [1.54, 1.807) is 0 Å². The van der Waals surface area contributed by atoms with Gasteiger partial charge in [-0.3, -0.25) is 0 Å². The van der Waals surface area contributed by atoms with Gasteiger partial charge in [0, 0.05) is 19.1 Å². The van der Waals surface area contributed by atoms with Crippen molar-refractivity contribution in [3.8, 4) is 0 Å². The number of rotatable bonds is 4. The Labute approximate surface area is 94.2 Å².